The van der Waals surface area contributed by atoms with Crippen LogP contribution < -0.4 is 49.4 Å². The maximum Gasteiger partial charge on any atom is 1.00 e. The van der Waals surface area contributed by atoms with Gasteiger partial charge >= 0.3 is 41.3 Å². The van der Waals surface area contributed by atoms with Crippen molar-refractivity contribution in [1.82, 2.24) is 9.62 Å². The molecule has 2 N–H and O–H groups in total. The second kappa shape index (κ2) is 11.2. The van der Waals surface area contributed by atoms with Crippen molar-refractivity contribution in [2.75, 3.05) is 25.9 Å². The van der Waals surface area contributed by atoms with Crippen LogP contribution >= 0.6 is 22.6 Å². The molecule has 0 saturated carbocycles. The molecule has 3 aromatic rings. The fourth-order valence-corrected chi connectivity index (χ4v) is 4.13. The van der Waals surface area contributed by atoms with Crippen molar-refractivity contribution in [3.63, 3.8) is 0 Å². The van der Waals surface area contributed by atoms with Crippen LogP contribution in [0.3, 0.4) is 0 Å². The van der Waals surface area contributed by atoms with Gasteiger partial charge in [0.05, 0.1) is 9.26 Å². The van der Waals surface area contributed by atoms with E-state index >= 15 is 0 Å². The van der Waals surface area contributed by atoms with E-state index in [1.54, 1.807) is 44.4 Å². The van der Waals surface area contributed by atoms with Gasteiger partial charge in [0.1, 0.15) is 11.3 Å². The van der Waals surface area contributed by atoms with Crippen molar-refractivity contribution in [1.29, 1.82) is 0 Å². The molecule has 0 aliphatic carbocycles. The number of halogens is 1. The van der Waals surface area contributed by atoms with Gasteiger partial charge in [-0.05, 0) is 58.8 Å². The van der Waals surface area contributed by atoms with Gasteiger partial charge in [-0.2, -0.15) is 8.42 Å². The van der Waals surface area contributed by atoms with Crippen LogP contribution in [-0.4, -0.2) is 40.6 Å². The Hall–Kier alpha value is -1.64. The average Bonchev–Trinajstić information content (AvgIpc) is 2.72. The number of amides is 1. The third kappa shape index (κ3) is 6.70. The van der Waals surface area contributed by atoms with E-state index in [1.807, 2.05) is 6.92 Å². The third-order valence-corrected chi connectivity index (χ3v) is 6.62. The van der Waals surface area contributed by atoms with Crippen molar-refractivity contribution in [2.45, 2.75) is 13.3 Å². The van der Waals surface area contributed by atoms with Crippen LogP contribution in [0.15, 0.2) is 45.6 Å². The molecule has 0 fully saturated rings. The molecule has 0 aliphatic heterocycles. The van der Waals surface area contributed by atoms with Crippen LogP contribution in [-0.2, 0) is 16.6 Å². The maximum absolute atomic E-state index is 12.7. The Morgan fingerprint density at radius 2 is 1.94 bits per heavy atom. The normalized spacial score (nSPS) is 11.1. The van der Waals surface area contributed by atoms with Crippen LogP contribution in [0.2, 0.25) is 0 Å². The summed E-state index contributed by atoms with van der Waals surface area (Å²) < 4.78 is 39.6. The number of rotatable bonds is 6. The minimum Gasteiger partial charge on any atom is -1.00 e. The Bertz CT molecular complexity index is 1360. The van der Waals surface area contributed by atoms with Gasteiger partial charge < -0.3 is 15.5 Å². The van der Waals surface area contributed by atoms with E-state index in [-0.39, 0.29) is 37.4 Å². The molecule has 0 atom stereocenters. The van der Waals surface area contributed by atoms with Crippen LogP contribution in [0.4, 0.5) is 10.5 Å². The Balaban J connectivity index is 0.00000289. The predicted molar refractivity (Wildman–Crippen MR) is 132 cm³/mol. The number of nitrogens with one attached hydrogen (secondary N) is 2. The van der Waals surface area contributed by atoms with E-state index in [0.29, 0.717) is 26.2 Å². The number of ether oxygens (including phenoxy) is 1. The molecule has 3 rings (SSSR count). The molecule has 0 bridgehead atoms. The standard InChI is InChI=1S/C21H22IN3O6S.Na.H/c1-12-15-10-17(22)19(31-21(27)25(3)4)11-18(15)30-20(26)16(12)9-13-6-5-7-14(8-13)24-32(28,29)23-2;;/h5-8,10-11,23-24H,9H2,1-4H3;;/q;+1;-1. The number of benzene rings is 2. The molecule has 0 spiro atoms. The molecular weight excluding hydrogens is 572 g/mol. The monoisotopic (exact) mass is 595 g/mol. The zero-order chi connectivity index (χ0) is 23.6. The van der Waals surface area contributed by atoms with Crippen molar-refractivity contribution in [3.8, 4) is 5.75 Å². The molecule has 0 aliphatic rings. The first-order valence-corrected chi connectivity index (χ1v) is 12.0. The third-order valence-electron chi connectivity index (χ3n) is 4.73. The van der Waals surface area contributed by atoms with Crippen molar-refractivity contribution in [2.24, 2.45) is 0 Å². The molecule has 12 heteroatoms. The van der Waals surface area contributed by atoms with Gasteiger partial charge in [-0.25, -0.2) is 14.3 Å². The summed E-state index contributed by atoms with van der Waals surface area (Å²) >= 11 is 2.06. The molecule has 1 aromatic heterocycles. The van der Waals surface area contributed by atoms with Gasteiger partial charge in [0, 0.05) is 44.6 Å². The number of nitrogens with zero attached hydrogens (tertiary/aromatic N) is 1. The molecule has 0 radical (unpaired) electrons. The summed E-state index contributed by atoms with van der Waals surface area (Å²) in [5, 5.41) is 0.723. The maximum atomic E-state index is 12.7. The molecule has 1 heterocycles. The van der Waals surface area contributed by atoms with E-state index in [2.05, 4.69) is 32.0 Å². The summed E-state index contributed by atoms with van der Waals surface area (Å²) in [7, 11) is 0.809. The summed E-state index contributed by atoms with van der Waals surface area (Å²) in [6.45, 7) is 1.82. The average molecular weight is 595 g/mol. The zero-order valence-electron chi connectivity index (χ0n) is 19.9. The van der Waals surface area contributed by atoms with Crippen molar-refractivity contribution >= 4 is 55.6 Å². The van der Waals surface area contributed by atoms with Crippen LogP contribution in [0.1, 0.15) is 18.1 Å². The zero-order valence-corrected chi connectivity index (χ0v) is 23.8. The Kier molecular flexibility index (Phi) is 9.36. The summed E-state index contributed by atoms with van der Waals surface area (Å²) in [5.74, 6) is 0.302. The first kappa shape index (κ1) is 27.6. The van der Waals surface area contributed by atoms with E-state index in [9.17, 15) is 18.0 Å². The second-order valence-corrected chi connectivity index (χ2v) is 10.0. The SMILES string of the molecule is CNS(=O)(=O)Nc1cccc(Cc2c(C)c3cc(I)c(OC(=O)N(C)C)cc3oc2=O)c1.[H-].[Na+]. The van der Waals surface area contributed by atoms with E-state index in [1.165, 1.54) is 18.0 Å². The predicted octanol–water partition coefficient (Wildman–Crippen LogP) is 0.350. The number of anilines is 1. The minimum atomic E-state index is -3.65. The Morgan fingerprint density at radius 1 is 1.24 bits per heavy atom. The molecule has 0 unspecified atom stereocenters. The number of hydrogen-bond acceptors (Lipinski definition) is 6. The van der Waals surface area contributed by atoms with Gasteiger partial charge in [0.25, 0.3) is 10.2 Å². The van der Waals surface area contributed by atoms with Gasteiger partial charge in [-0.3, -0.25) is 4.72 Å². The second-order valence-electron chi connectivity index (χ2n) is 7.22. The first-order chi connectivity index (χ1) is 15.0. The van der Waals surface area contributed by atoms with Gasteiger partial charge in [-0.1, -0.05) is 12.1 Å². The Morgan fingerprint density at radius 3 is 2.58 bits per heavy atom. The minimum absolute atomic E-state index is 0. The summed E-state index contributed by atoms with van der Waals surface area (Å²) in [6.07, 6.45) is -0.278. The largest absolute Gasteiger partial charge is 1.00 e. The molecule has 1 amide bonds. The van der Waals surface area contributed by atoms with Crippen LogP contribution in [0, 0.1) is 10.5 Å². The number of fused-ring (bicyclic) bond motifs is 1. The van der Waals surface area contributed by atoms with Crippen molar-refractivity contribution < 1.29 is 53.4 Å². The summed E-state index contributed by atoms with van der Waals surface area (Å²) in [6, 6.07) is 10.1. The van der Waals surface area contributed by atoms with Crippen molar-refractivity contribution in [3.05, 3.63) is 67.1 Å². The number of hydrogen-bond donors (Lipinski definition) is 2. The summed E-state index contributed by atoms with van der Waals surface area (Å²) in [5.41, 5.74) is 2.11. The van der Waals surface area contributed by atoms with Crippen LogP contribution in [0.5, 0.6) is 5.75 Å². The molecule has 33 heavy (non-hydrogen) atoms. The molecule has 0 saturated heterocycles. The number of aryl methyl sites for hydroxylation is 1. The van der Waals surface area contributed by atoms with Gasteiger partial charge in [0.15, 0.2) is 0 Å². The first-order valence-electron chi connectivity index (χ1n) is 9.46. The molecule has 2 aromatic carbocycles. The van der Waals surface area contributed by atoms with Crippen LogP contribution in [0.25, 0.3) is 11.0 Å². The molecular formula is C21H23IN3NaO6S. The smallest absolute Gasteiger partial charge is 1.00 e. The number of carbonyl (C=O) groups is 1. The molecule has 172 valence electrons. The van der Waals surface area contributed by atoms with E-state index < -0.39 is 21.9 Å². The fourth-order valence-electron chi connectivity index (χ4n) is 3.01. The quantitative estimate of drug-likeness (QED) is 0.242. The summed E-state index contributed by atoms with van der Waals surface area (Å²) in [4.78, 5) is 25.9. The molecule has 9 nitrogen and oxygen atoms in total. The van der Waals surface area contributed by atoms with E-state index in [0.717, 1.165) is 16.5 Å². The fraction of sp³-hybridized carbons (Fsp3) is 0.238. The number of carbonyl (C=O) groups excluding carboxylic acids is 1. The van der Waals surface area contributed by atoms with Gasteiger partial charge in [-0.15, -0.1) is 0 Å². The topological polar surface area (TPSA) is 118 Å². The Labute approximate surface area is 229 Å². The van der Waals surface area contributed by atoms with E-state index in [4.69, 9.17) is 9.15 Å². The van der Waals surface area contributed by atoms with Gasteiger partial charge in [0.2, 0.25) is 0 Å².